The van der Waals surface area contributed by atoms with Crippen molar-refractivity contribution in [3.05, 3.63) is 60.4 Å². The predicted molar refractivity (Wildman–Crippen MR) is 88.7 cm³/mol. The summed E-state index contributed by atoms with van der Waals surface area (Å²) in [5.74, 6) is 0.859. The number of rotatable bonds is 4. The first-order valence-electron chi connectivity index (χ1n) is 7.42. The highest BCUT2D eigenvalue weighted by Crippen LogP contribution is 2.13. The molecule has 0 spiro atoms. The van der Waals surface area contributed by atoms with Crippen LogP contribution in [0.2, 0.25) is 0 Å². The molecule has 1 atom stereocenters. The predicted octanol–water partition coefficient (Wildman–Crippen LogP) is 1.81. The van der Waals surface area contributed by atoms with Crippen LogP contribution in [-0.2, 0) is 0 Å². The number of anilines is 1. The monoisotopic (exact) mass is 334 g/mol. The van der Waals surface area contributed by atoms with Crippen LogP contribution < -0.4 is 10.6 Å². The van der Waals surface area contributed by atoms with Gasteiger partial charge in [-0.3, -0.25) is 0 Å². The van der Waals surface area contributed by atoms with Gasteiger partial charge in [0, 0.05) is 18.1 Å². The van der Waals surface area contributed by atoms with Crippen molar-refractivity contribution in [2.75, 3.05) is 5.32 Å². The highest BCUT2D eigenvalue weighted by atomic mass is 16.2. The average molecular weight is 334 g/mol. The molecule has 0 saturated carbocycles. The SMILES string of the molecule is CC(NC(=O)Nc1cccc(C#N)c1)c1ncnn1-c1ncccn1. The van der Waals surface area contributed by atoms with Crippen molar-refractivity contribution in [3.8, 4) is 12.0 Å². The lowest BCUT2D eigenvalue weighted by molar-refractivity contribution is 0.248. The van der Waals surface area contributed by atoms with Crippen LogP contribution in [0.15, 0.2) is 49.1 Å². The van der Waals surface area contributed by atoms with E-state index < -0.39 is 12.1 Å². The zero-order chi connectivity index (χ0) is 17.6. The Morgan fingerprint density at radius 2 is 2.04 bits per heavy atom. The molecule has 1 aromatic carbocycles. The van der Waals surface area contributed by atoms with Crippen molar-refractivity contribution >= 4 is 11.7 Å². The minimum absolute atomic E-state index is 0.366. The summed E-state index contributed by atoms with van der Waals surface area (Å²) in [5, 5.41) is 18.4. The number of nitrogens with zero attached hydrogens (tertiary/aromatic N) is 6. The molecule has 0 radical (unpaired) electrons. The first-order valence-corrected chi connectivity index (χ1v) is 7.42. The maximum atomic E-state index is 12.2. The summed E-state index contributed by atoms with van der Waals surface area (Å²) in [5.41, 5.74) is 0.989. The second-order valence-electron chi connectivity index (χ2n) is 5.09. The summed E-state index contributed by atoms with van der Waals surface area (Å²) in [6.07, 6.45) is 4.57. The van der Waals surface area contributed by atoms with E-state index in [0.29, 0.717) is 23.0 Å². The molecule has 9 nitrogen and oxygen atoms in total. The van der Waals surface area contributed by atoms with Crippen LogP contribution in [0, 0.1) is 11.3 Å². The molecule has 0 aliphatic carbocycles. The van der Waals surface area contributed by atoms with Crippen LogP contribution in [0.1, 0.15) is 24.4 Å². The summed E-state index contributed by atoms with van der Waals surface area (Å²) >= 11 is 0. The summed E-state index contributed by atoms with van der Waals surface area (Å²) < 4.78 is 1.46. The van der Waals surface area contributed by atoms with E-state index >= 15 is 0 Å². The number of nitriles is 1. The second-order valence-corrected chi connectivity index (χ2v) is 5.09. The maximum absolute atomic E-state index is 12.2. The lowest BCUT2D eigenvalue weighted by atomic mass is 10.2. The van der Waals surface area contributed by atoms with Crippen molar-refractivity contribution in [1.82, 2.24) is 30.0 Å². The van der Waals surface area contributed by atoms with Crippen molar-refractivity contribution in [2.24, 2.45) is 0 Å². The smallest absolute Gasteiger partial charge is 0.319 e. The molecular formula is C16H14N8O. The van der Waals surface area contributed by atoms with Gasteiger partial charge in [-0.1, -0.05) is 6.07 Å². The Kier molecular flexibility index (Phi) is 4.62. The van der Waals surface area contributed by atoms with Gasteiger partial charge in [-0.15, -0.1) is 0 Å². The first kappa shape index (κ1) is 16.1. The number of amides is 2. The van der Waals surface area contributed by atoms with Crippen LogP contribution in [-0.4, -0.2) is 30.8 Å². The molecule has 0 aliphatic rings. The third kappa shape index (κ3) is 3.76. The lowest BCUT2D eigenvalue weighted by Crippen LogP contribution is -2.32. The number of carbonyl (C=O) groups is 1. The topological polar surface area (TPSA) is 121 Å². The molecule has 0 aliphatic heterocycles. The van der Waals surface area contributed by atoms with E-state index in [4.69, 9.17) is 5.26 Å². The third-order valence-corrected chi connectivity index (χ3v) is 3.30. The van der Waals surface area contributed by atoms with E-state index in [0.717, 1.165) is 0 Å². The van der Waals surface area contributed by atoms with Gasteiger partial charge in [-0.25, -0.2) is 19.7 Å². The number of hydrogen-bond donors (Lipinski definition) is 2. The molecule has 25 heavy (non-hydrogen) atoms. The van der Waals surface area contributed by atoms with Gasteiger partial charge in [-0.05, 0) is 31.2 Å². The molecule has 124 valence electrons. The molecule has 0 bridgehead atoms. The molecule has 2 amide bonds. The Morgan fingerprint density at radius 3 is 2.80 bits per heavy atom. The molecule has 2 aromatic heterocycles. The number of carbonyl (C=O) groups excluding carboxylic acids is 1. The van der Waals surface area contributed by atoms with Gasteiger partial charge in [0.2, 0.25) is 0 Å². The van der Waals surface area contributed by atoms with Crippen molar-refractivity contribution in [3.63, 3.8) is 0 Å². The van der Waals surface area contributed by atoms with Gasteiger partial charge >= 0.3 is 6.03 Å². The van der Waals surface area contributed by atoms with E-state index in [1.165, 1.54) is 11.0 Å². The standard InChI is InChI=1S/C16H14N8O/c1-11(14-20-10-21-24(14)15-18-6-3-7-19-15)22-16(25)23-13-5-2-4-12(8-13)9-17/h2-8,10-11H,1H3,(H2,22,23,25). The molecule has 0 saturated heterocycles. The summed E-state index contributed by atoms with van der Waals surface area (Å²) in [6, 6.07) is 9.50. The largest absolute Gasteiger partial charge is 0.328 e. The van der Waals surface area contributed by atoms with Crippen LogP contribution >= 0.6 is 0 Å². The van der Waals surface area contributed by atoms with Crippen molar-refractivity contribution in [2.45, 2.75) is 13.0 Å². The van der Waals surface area contributed by atoms with Gasteiger partial charge in [0.1, 0.15) is 6.33 Å². The van der Waals surface area contributed by atoms with E-state index in [1.807, 2.05) is 6.07 Å². The van der Waals surface area contributed by atoms with Gasteiger partial charge in [0.15, 0.2) is 5.82 Å². The Morgan fingerprint density at radius 1 is 1.24 bits per heavy atom. The van der Waals surface area contributed by atoms with E-state index in [2.05, 4.69) is 30.7 Å². The number of urea groups is 1. The van der Waals surface area contributed by atoms with Crippen LogP contribution in [0.25, 0.3) is 5.95 Å². The maximum Gasteiger partial charge on any atom is 0.319 e. The Bertz CT molecular complexity index is 915. The van der Waals surface area contributed by atoms with Crippen LogP contribution in [0.5, 0.6) is 0 Å². The second kappa shape index (κ2) is 7.18. The van der Waals surface area contributed by atoms with Gasteiger partial charge in [-0.2, -0.15) is 15.0 Å². The fourth-order valence-corrected chi connectivity index (χ4v) is 2.20. The van der Waals surface area contributed by atoms with Crippen molar-refractivity contribution in [1.29, 1.82) is 5.26 Å². The highest BCUT2D eigenvalue weighted by molar-refractivity contribution is 5.89. The number of benzene rings is 1. The molecule has 2 heterocycles. The van der Waals surface area contributed by atoms with E-state index in [9.17, 15) is 4.79 Å². The normalized spacial score (nSPS) is 11.4. The third-order valence-electron chi connectivity index (χ3n) is 3.30. The van der Waals surface area contributed by atoms with Crippen LogP contribution in [0.3, 0.4) is 0 Å². The minimum atomic E-state index is -0.439. The minimum Gasteiger partial charge on any atom is -0.328 e. The summed E-state index contributed by atoms with van der Waals surface area (Å²) in [6.45, 7) is 1.77. The average Bonchev–Trinajstić information content (AvgIpc) is 3.12. The summed E-state index contributed by atoms with van der Waals surface area (Å²) in [7, 11) is 0. The molecule has 3 aromatic rings. The number of aromatic nitrogens is 5. The highest BCUT2D eigenvalue weighted by Gasteiger charge is 2.18. The fraction of sp³-hybridized carbons (Fsp3) is 0.125. The van der Waals surface area contributed by atoms with Crippen molar-refractivity contribution < 1.29 is 4.79 Å². The molecule has 9 heteroatoms. The number of hydrogen-bond acceptors (Lipinski definition) is 6. The fourth-order valence-electron chi connectivity index (χ4n) is 2.20. The molecule has 2 N–H and O–H groups in total. The Hall–Kier alpha value is -3.80. The Labute approximate surface area is 143 Å². The molecule has 1 unspecified atom stereocenters. The molecule has 3 rings (SSSR count). The number of nitrogens with one attached hydrogen (secondary N) is 2. The lowest BCUT2D eigenvalue weighted by Gasteiger charge is -2.14. The van der Waals surface area contributed by atoms with Gasteiger partial charge in [0.05, 0.1) is 17.7 Å². The molecule has 0 fully saturated rings. The van der Waals surface area contributed by atoms with Gasteiger partial charge < -0.3 is 10.6 Å². The first-order chi connectivity index (χ1) is 12.2. The van der Waals surface area contributed by atoms with Crippen LogP contribution in [0.4, 0.5) is 10.5 Å². The van der Waals surface area contributed by atoms with E-state index in [1.54, 1.807) is 49.6 Å². The zero-order valence-electron chi connectivity index (χ0n) is 13.3. The quantitative estimate of drug-likeness (QED) is 0.750. The summed E-state index contributed by atoms with van der Waals surface area (Å²) in [4.78, 5) is 24.6. The van der Waals surface area contributed by atoms with Gasteiger partial charge in [0.25, 0.3) is 5.95 Å². The zero-order valence-corrected chi connectivity index (χ0v) is 13.3. The Balaban J connectivity index is 1.70. The van der Waals surface area contributed by atoms with E-state index in [-0.39, 0.29) is 0 Å². The molecular weight excluding hydrogens is 320 g/mol.